The van der Waals surface area contributed by atoms with Crippen LogP contribution >= 0.6 is 0 Å². The molecular weight excluding hydrogens is 252 g/mol. The maximum absolute atomic E-state index is 12.3. The molecule has 2 unspecified atom stereocenters. The molecule has 1 saturated heterocycles. The van der Waals surface area contributed by atoms with Gasteiger partial charge in [-0.05, 0) is 39.2 Å². The summed E-state index contributed by atoms with van der Waals surface area (Å²) in [6, 6.07) is 10.2. The molecule has 2 atom stereocenters. The molecule has 110 valence electrons. The number of amides is 1. The SMILES string of the molecule is CC(C)(C)OC(=O)N1CCC(N)C1Cc1ccccc1. The third-order valence-corrected chi connectivity index (χ3v) is 3.51. The Morgan fingerprint density at radius 2 is 2.00 bits per heavy atom. The summed E-state index contributed by atoms with van der Waals surface area (Å²) in [6.07, 6.45) is 1.35. The summed E-state index contributed by atoms with van der Waals surface area (Å²) < 4.78 is 5.47. The Balaban J connectivity index is 2.07. The number of rotatable bonds is 2. The maximum Gasteiger partial charge on any atom is 0.410 e. The summed E-state index contributed by atoms with van der Waals surface area (Å²) in [6.45, 7) is 6.32. The normalized spacial score (nSPS) is 22.9. The van der Waals surface area contributed by atoms with Crippen molar-refractivity contribution in [2.45, 2.75) is 51.3 Å². The number of hydrogen-bond donors (Lipinski definition) is 1. The zero-order chi connectivity index (χ0) is 14.8. The van der Waals surface area contributed by atoms with E-state index in [1.54, 1.807) is 4.90 Å². The van der Waals surface area contributed by atoms with Gasteiger partial charge in [0.15, 0.2) is 0 Å². The van der Waals surface area contributed by atoms with E-state index in [1.165, 1.54) is 5.56 Å². The number of ether oxygens (including phenoxy) is 1. The van der Waals surface area contributed by atoms with Gasteiger partial charge in [-0.25, -0.2) is 4.79 Å². The highest BCUT2D eigenvalue weighted by Crippen LogP contribution is 2.23. The summed E-state index contributed by atoms with van der Waals surface area (Å²) in [7, 11) is 0. The third-order valence-electron chi connectivity index (χ3n) is 3.51. The van der Waals surface area contributed by atoms with Crippen LogP contribution < -0.4 is 5.73 Å². The van der Waals surface area contributed by atoms with Gasteiger partial charge in [0.25, 0.3) is 0 Å². The maximum atomic E-state index is 12.3. The molecule has 0 aliphatic carbocycles. The molecule has 1 aliphatic rings. The Labute approximate surface area is 120 Å². The first-order chi connectivity index (χ1) is 9.37. The van der Waals surface area contributed by atoms with E-state index < -0.39 is 5.60 Å². The summed E-state index contributed by atoms with van der Waals surface area (Å²) in [5, 5.41) is 0. The van der Waals surface area contributed by atoms with E-state index in [-0.39, 0.29) is 18.2 Å². The number of nitrogens with two attached hydrogens (primary N) is 1. The van der Waals surface area contributed by atoms with E-state index >= 15 is 0 Å². The average Bonchev–Trinajstić information content (AvgIpc) is 2.70. The van der Waals surface area contributed by atoms with Crippen molar-refractivity contribution in [1.82, 2.24) is 4.90 Å². The van der Waals surface area contributed by atoms with Crippen LogP contribution in [0.2, 0.25) is 0 Å². The third kappa shape index (κ3) is 3.73. The van der Waals surface area contributed by atoms with Crippen molar-refractivity contribution in [3.05, 3.63) is 35.9 Å². The quantitative estimate of drug-likeness (QED) is 0.903. The van der Waals surface area contributed by atoms with Gasteiger partial charge < -0.3 is 15.4 Å². The minimum atomic E-state index is -0.471. The summed E-state index contributed by atoms with van der Waals surface area (Å²) >= 11 is 0. The number of likely N-dealkylation sites (tertiary alicyclic amines) is 1. The Morgan fingerprint density at radius 3 is 2.60 bits per heavy atom. The van der Waals surface area contributed by atoms with Crippen LogP contribution in [0.4, 0.5) is 4.79 Å². The summed E-state index contributed by atoms with van der Waals surface area (Å²) in [5.41, 5.74) is 6.90. The van der Waals surface area contributed by atoms with Gasteiger partial charge in [0.1, 0.15) is 5.60 Å². The first kappa shape index (κ1) is 14.9. The number of hydrogen-bond acceptors (Lipinski definition) is 3. The molecule has 20 heavy (non-hydrogen) atoms. The van der Waals surface area contributed by atoms with Gasteiger partial charge in [-0.3, -0.25) is 0 Å². The highest BCUT2D eigenvalue weighted by molar-refractivity contribution is 5.69. The van der Waals surface area contributed by atoms with Crippen molar-refractivity contribution in [2.75, 3.05) is 6.54 Å². The van der Waals surface area contributed by atoms with Crippen LogP contribution in [-0.4, -0.2) is 35.2 Å². The molecule has 1 aromatic carbocycles. The molecule has 0 spiro atoms. The van der Waals surface area contributed by atoms with Crippen LogP contribution in [0.15, 0.2) is 30.3 Å². The molecule has 0 aromatic heterocycles. The second-order valence-electron chi connectivity index (χ2n) is 6.38. The topological polar surface area (TPSA) is 55.6 Å². The molecule has 4 nitrogen and oxygen atoms in total. The Kier molecular flexibility index (Phi) is 4.33. The molecule has 4 heteroatoms. The molecule has 1 heterocycles. The van der Waals surface area contributed by atoms with Crippen LogP contribution in [0.5, 0.6) is 0 Å². The lowest BCUT2D eigenvalue weighted by atomic mass is 10.0. The zero-order valence-corrected chi connectivity index (χ0v) is 12.5. The van der Waals surface area contributed by atoms with Crippen molar-refractivity contribution in [2.24, 2.45) is 5.73 Å². The zero-order valence-electron chi connectivity index (χ0n) is 12.5. The van der Waals surface area contributed by atoms with Crippen molar-refractivity contribution in [3.63, 3.8) is 0 Å². The number of carbonyl (C=O) groups excluding carboxylic acids is 1. The standard InChI is InChI=1S/C16H24N2O2/c1-16(2,3)20-15(19)18-10-9-13(17)14(18)11-12-7-5-4-6-8-12/h4-8,13-14H,9-11,17H2,1-3H3. The smallest absolute Gasteiger partial charge is 0.410 e. The van der Waals surface area contributed by atoms with E-state index in [0.29, 0.717) is 6.54 Å². The molecule has 0 saturated carbocycles. The van der Waals surface area contributed by atoms with Gasteiger partial charge in [-0.15, -0.1) is 0 Å². The Hall–Kier alpha value is -1.55. The fraction of sp³-hybridized carbons (Fsp3) is 0.562. The minimum Gasteiger partial charge on any atom is -0.444 e. The largest absolute Gasteiger partial charge is 0.444 e. The van der Waals surface area contributed by atoms with Gasteiger partial charge in [0.2, 0.25) is 0 Å². The first-order valence-electron chi connectivity index (χ1n) is 7.16. The lowest BCUT2D eigenvalue weighted by molar-refractivity contribution is 0.0220. The minimum absolute atomic E-state index is 0.0164. The second kappa shape index (κ2) is 5.83. The van der Waals surface area contributed by atoms with E-state index in [1.807, 2.05) is 39.0 Å². The number of carbonyl (C=O) groups is 1. The fourth-order valence-electron chi connectivity index (χ4n) is 2.54. The predicted octanol–water partition coefficient (Wildman–Crippen LogP) is 2.57. The fourth-order valence-corrected chi connectivity index (χ4v) is 2.54. The van der Waals surface area contributed by atoms with Crippen molar-refractivity contribution >= 4 is 6.09 Å². The lowest BCUT2D eigenvalue weighted by Crippen LogP contribution is -2.46. The summed E-state index contributed by atoms with van der Waals surface area (Å²) in [5.74, 6) is 0. The van der Waals surface area contributed by atoms with E-state index in [4.69, 9.17) is 10.5 Å². The van der Waals surface area contributed by atoms with Crippen LogP contribution in [0.3, 0.4) is 0 Å². The van der Waals surface area contributed by atoms with Gasteiger partial charge >= 0.3 is 6.09 Å². The molecule has 2 N–H and O–H groups in total. The van der Waals surface area contributed by atoms with Crippen LogP contribution in [-0.2, 0) is 11.2 Å². The van der Waals surface area contributed by atoms with E-state index in [9.17, 15) is 4.79 Å². The Morgan fingerprint density at radius 1 is 1.35 bits per heavy atom. The monoisotopic (exact) mass is 276 g/mol. The highest BCUT2D eigenvalue weighted by Gasteiger charge is 2.37. The average molecular weight is 276 g/mol. The van der Waals surface area contributed by atoms with Crippen LogP contribution in [0.25, 0.3) is 0 Å². The van der Waals surface area contributed by atoms with Crippen LogP contribution in [0, 0.1) is 0 Å². The highest BCUT2D eigenvalue weighted by atomic mass is 16.6. The van der Waals surface area contributed by atoms with Crippen molar-refractivity contribution < 1.29 is 9.53 Å². The second-order valence-corrected chi connectivity index (χ2v) is 6.38. The number of benzene rings is 1. The van der Waals surface area contributed by atoms with E-state index in [0.717, 1.165) is 12.8 Å². The molecule has 1 amide bonds. The molecule has 0 radical (unpaired) electrons. The van der Waals surface area contributed by atoms with Gasteiger partial charge in [0, 0.05) is 12.6 Å². The molecule has 1 aromatic rings. The first-order valence-corrected chi connectivity index (χ1v) is 7.16. The molecular formula is C16H24N2O2. The van der Waals surface area contributed by atoms with Gasteiger partial charge in [-0.1, -0.05) is 30.3 Å². The lowest BCUT2D eigenvalue weighted by Gasteiger charge is -2.30. The van der Waals surface area contributed by atoms with Crippen molar-refractivity contribution in [3.8, 4) is 0 Å². The molecule has 2 rings (SSSR count). The number of nitrogens with zero attached hydrogens (tertiary/aromatic N) is 1. The Bertz CT molecular complexity index is 453. The van der Waals surface area contributed by atoms with Gasteiger partial charge in [0.05, 0.1) is 6.04 Å². The molecule has 0 bridgehead atoms. The molecule has 1 aliphatic heterocycles. The van der Waals surface area contributed by atoms with Crippen LogP contribution in [0.1, 0.15) is 32.8 Å². The molecule has 1 fully saturated rings. The predicted molar refractivity (Wildman–Crippen MR) is 79.5 cm³/mol. The summed E-state index contributed by atoms with van der Waals surface area (Å²) in [4.78, 5) is 14.0. The van der Waals surface area contributed by atoms with E-state index in [2.05, 4.69) is 12.1 Å². The van der Waals surface area contributed by atoms with Gasteiger partial charge in [-0.2, -0.15) is 0 Å². The van der Waals surface area contributed by atoms with Crippen molar-refractivity contribution in [1.29, 1.82) is 0 Å².